The molecule has 3 aliphatic heterocycles. The highest BCUT2D eigenvalue weighted by atomic mass is 19.2. The first-order chi connectivity index (χ1) is 26.2. The Labute approximate surface area is 317 Å². The molecule has 14 nitrogen and oxygen atoms in total. The molecule has 1 aromatic carbocycles. The van der Waals surface area contributed by atoms with Crippen molar-refractivity contribution in [2.45, 2.75) is 114 Å². The van der Waals surface area contributed by atoms with E-state index in [4.69, 9.17) is 4.74 Å². The van der Waals surface area contributed by atoms with E-state index in [1.54, 1.807) is 6.08 Å². The molecule has 5 rings (SSSR count). The van der Waals surface area contributed by atoms with Crippen molar-refractivity contribution >= 4 is 41.4 Å². The monoisotopic (exact) mass is 774 g/mol. The van der Waals surface area contributed by atoms with Crippen molar-refractivity contribution in [3.8, 4) is 0 Å². The van der Waals surface area contributed by atoms with Gasteiger partial charge in [0.15, 0.2) is 17.5 Å². The Morgan fingerprint density at radius 1 is 0.873 bits per heavy atom. The van der Waals surface area contributed by atoms with Gasteiger partial charge >= 0.3 is 5.97 Å². The van der Waals surface area contributed by atoms with Gasteiger partial charge < -0.3 is 35.4 Å². The lowest BCUT2D eigenvalue weighted by atomic mass is 9.89. The van der Waals surface area contributed by atoms with E-state index >= 15 is 0 Å². The average molecular weight is 775 g/mol. The largest absolute Gasteiger partial charge is 0.461 e. The second kappa shape index (κ2) is 18.1. The number of hydrogen-bond donors (Lipinski definition) is 3. The van der Waals surface area contributed by atoms with Crippen LogP contribution in [-0.4, -0.2) is 119 Å². The number of nitrogens with one attached hydrogen (secondary N) is 3. The molecule has 55 heavy (non-hydrogen) atoms. The quantitative estimate of drug-likeness (QED) is 0.213. The lowest BCUT2D eigenvalue weighted by Crippen LogP contribution is -2.60. The molecular formula is C38H49F3N6O8. The summed E-state index contributed by atoms with van der Waals surface area (Å²) in [5.41, 5.74) is -0.171. The van der Waals surface area contributed by atoms with Gasteiger partial charge in [-0.05, 0) is 82.1 Å². The number of benzene rings is 1. The van der Waals surface area contributed by atoms with Gasteiger partial charge in [0, 0.05) is 26.6 Å². The van der Waals surface area contributed by atoms with Crippen molar-refractivity contribution in [3.63, 3.8) is 0 Å². The Morgan fingerprint density at radius 2 is 1.49 bits per heavy atom. The molecule has 0 aromatic heterocycles. The Balaban J connectivity index is 1.44. The maximum absolute atomic E-state index is 14.3. The van der Waals surface area contributed by atoms with Gasteiger partial charge in [0.05, 0.1) is 0 Å². The van der Waals surface area contributed by atoms with Crippen LogP contribution in [0.15, 0.2) is 24.3 Å². The van der Waals surface area contributed by atoms with Crippen LogP contribution in [0.25, 0.3) is 0 Å². The predicted molar refractivity (Wildman–Crippen MR) is 190 cm³/mol. The van der Waals surface area contributed by atoms with Gasteiger partial charge in [-0.1, -0.05) is 25.3 Å². The van der Waals surface area contributed by atoms with Crippen LogP contribution in [0.5, 0.6) is 0 Å². The molecule has 4 fully saturated rings. The molecule has 0 radical (unpaired) electrons. The number of halogens is 3. The normalized spacial score (nSPS) is 26.8. The number of hydrogen-bond acceptors (Lipinski definition) is 8. The predicted octanol–water partition coefficient (Wildman–Crippen LogP) is 1.64. The molecule has 1 aliphatic carbocycles. The van der Waals surface area contributed by atoms with Crippen molar-refractivity contribution in [2.24, 2.45) is 5.92 Å². The third kappa shape index (κ3) is 9.84. The summed E-state index contributed by atoms with van der Waals surface area (Å²) in [6.07, 6.45) is 8.68. The fourth-order valence-electron chi connectivity index (χ4n) is 7.66. The minimum absolute atomic E-state index is 0.0895. The van der Waals surface area contributed by atoms with E-state index in [0.717, 1.165) is 32.1 Å². The molecule has 0 unspecified atom stereocenters. The van der Waals surface area contributed by atoms with E-state index in [0.29, 0.717) is 25.0 Å². The van der Waals surface area contributed by atoms with Crippen LogP contribution in [0, 0.1) is 23.4 Å². The molecular weight excluding hydrogens is 725 g/mol. The van der Waals surface area contributed by atoms with Crippen molar-refractivity contribution in [3.05, 3.63) is 47.3 Å². The Kier molecular flexibility index (Phi) is 13.6. The molecule has 1 aromatic rings. The summed E-state index contributed by atoms with van der Waals surface area (Å²) in [7, 11) is 1.40. The van der Waals surface area contributed by atoms with Gasteiger partial charge in [-0.15, -0.1) is 0 Å². The summed E-state index contributed by atoms with van der Waals surface area (Å²) < 4.78 is 47.9. The molecule has 0 bridgehead atoms. The maximum atomic E-state index is 14.3. The highest BCUT2D eigenvalue weighted by Gasteiger charge is 2.43. The Hall–Kier alpha value is -4.96. The number of carbonyl (C=O) groups is 7. The molecule has 17 heteroatoms. The van der Waals surface area contributed by atoms with E-state index in [2.05, 4.69) is 16.0 Å². The zero-order valence-electron chi connectivity index (χ0n) is 31.3. The van der Waals surface area contributed by atoms with Crippen molar-refractivity contribution in [1.29, 1.82) is 0 Å². The van der Waals surface area contributed by atoms with Gasteiger partial charge in [-0.3, -0.25) is 28.8 Å². The summed E-state index contributed by atoms with van der Waals surface area (Å²) in [5.74, 6) is -9.67. The van der Waals surface area contributed by atoms with E-state index in [1.807, 2.05) is 0 Å². The fraction of sp³-hybridized carbons (Fsp3) is 0.605. The number of esters is 1. The number of fused-ring (bicyclic) bond motifs is 2. The number of cyclic esters (lactones) is 1. The molecule has 0 spiro atoms. The SMILES string of the molecule is C[C@@H]1NC(=O)[C@H](C)N(C)C(=O)[C@@H]2CCCN2C(=O)[C@@H](NC(=O)[C@H](Cc2cc(F)c(F)c(F)c2)NC(=O)/C=C/C2CCCCC2)COC(=O)[C@@H]2CCCN2C1=O. The molecule has 3 saturated heterocycles. The molecule has 6 atom stereocenters. The first kappa shape index (κ1) is 41.2. The topological polar surface area (TPSA) is 175 Å². The van der Waals surface area contributed by atoms with Crippen LogP contribution in [0.1, 0.15) is 77.2 Å². The van der Waals surface area contributed by atoms with Crippen LogP contribution in [0.3, 0.4) is 0 Å². The number of ether oxygens (including phenoxy) is 1. The first-order valence-electron chi connectivity index (χ1n) is 18.9. The molecule has 300 valence electrons. The Bertz CT molecular complexity index is 1680. The lowest BCUT2D eigenvalue weighted by Gasteiger charge is -2.34. The number of allylic oxidation sites excluding steroid dienone is 1. The Morgan fingerprint density at radius 3 is 2.15 bits per heavy atom. The number of likely N-dealkylation sites (N-methyl/N-ethyl adjacent to an activating group) is 1. The summed E-state index contributed by atoms with van der Waals surface area (Å²) in [5, 5.41) is 7.65. The van der Waals surface area contributed by atoms with Crippen molar-refractivity contribution in [2.75, 3.05) is 26.7 Å². The first-order valence-corrected chi connectivity index (χ1v) is 18.9. The minimum Gasteiger partial charge on any atom is -0.461 e. The van der Waals surface area contributed by atoms with E-state index in [9.17, 15) is 46.7 Å². The standard InChI is InChI=1S/C38H49F3N6O8/c1-21-35(51)47-16-8-12-30(47)38(54)55-20-28(36(52)46-15-7-11-29(46)37(53)45(3)22(2)33(49)42-21)44-34(50)27(19-24-17-25(39)32(41)26(40)18-24)43-31(48)14-13-23-9-5-4-6-10-23/h13-14,17-18,21-23,27-30H,4-12,15-16,19-20H2,1-3H3,(H,42,49)(H,43,48)(H,44,50)/b14-13+/t21-,22-,27-,28-,29-,30-/m0/s1. The second-order valence-electron chi connectivity index (χ2n) is 14.8. The summed E-state index contributed by atoms with van der Waals surface area (Å²) in [6.45, 7) is 2.51. The maximum Gasteiger partial charge on any atom is 0.328 e. The summed E-state index contributed by atoms with van der Waals surface area (Å²) in [6, 6.07) is -5.96. The van der Waals surface area contributed by atoms with Crippen LogP contribution in [-0.2, 0) is 44.7 Å². The summed E-state index contributed by atoms with van der Waals surface area (Å²) >= 11 is 0. The lowest BCUT2D eigenvalue weighted by molar-refractivity contribution is -0.158. The van der Waals surface area contributed by atoms with Gasteiger partial charge in [-0.2, -0.15) is 0 Å². The van der Waals surface area contributed by atoms with Gasteiger partial charge in [0.1, 0.15) is 42.9 Å². The van der Waals surface area contributed by atoms with Crippen molar-refractivity contribution in [1.82, 2.24) is 30.7 Å². The summed E-state index contributed by atoms with van der Waals surface area (Å²) in [4.78, 5) is 98.9. The second-order valence-corrected chi connectivity index (χ2v) is 14.8. The van der Waals surface area contributed by atoms with Crippen LogP contribution >= 0.6 is 0 Å². The van der Waals surface area contributed by atoms with E-state index < -0.39 is 108 Å². The third-order valence-corrected chi connectivity index (χ3v) is 11.0. The molecule has 6 amide bonds. The number of rotatable bonds is 7. The zero-order valence-corrected chi connectivity index (χ0v) is 31.3. The van der Waals surface area contributed by atoms with E-state index in [1.165, 1.54) is 41.7 Å². The van der Waals surface area contributed by atoms with Gasteiger partial charge in [0.25, 0.3) is 0 Å². The van der Waals surface area contributed by atoms with Crippen LogP contribution in [0.2, 0.25) is 0 Å². The smallest absolute Gasteiger partial charge is 0.328 e. The van der Waals surface area contributed by atoms with Gasteiger partial charge in [-0.25, -0.2) is 18.0 Å². The molecule has 3 heterocycles. The number of carbonyl (C=O) groups excluding carboxylic acids is 7. The van der Waals surface area contributed by atoms with Crippen LogP contribution in [0.4, 0.5) is 13.2 Å². The highest BCUT2D eigenvalue weighted by Crippen LogP contribution is 2.25. The molecule has 4 aliphatic rings. The number of nitrogens with zero attached hydrogens (tertiary/aromatic N) is 3. The number of amides is 6. The average Bonchev–Trinajstić information content (AvgIpc) is 3.87. The third-order valence-electron chi connectivity index (χ3n) is 11.0. The van der Waals surface area contributed by atoms with Gasteiger partial charge in [0.2, 0.25) is 35.4 Å². The fourth-order valence-corrected chi connectivity index (χ4v) is 7.66. The highest BCUT2D eigenvalue weighted by molar-refractivity contribution is 5.98. The van der Waals surface area contributed by atoms with Crippen molar-refractivity contribution < 1.29 is 51.5 Å². The zero-order chi connectivity index (χ0) is 40.0. The van der Waals surface area contributed by atoms with Crippen LogP contribution < -0.4 is 16.0 Å². The minimum atomic E-state index is -1.71. The molecule has 3 N–H and O–H groups in total. The van der Waals surface area contributed by atoms with E-state index in [-0.39, 0.29) is 37.4 Å². The molecule has 1 saturated carbocycles.